The lowest BCUT2D eigenvalue weighted by atomic mass is 10.2. The molecular weight excluding hydrogens is 410 g/mol. The molecule has 148 valence electrons. The molecule has 0 aliphatic carbocycles. The van der Waals surface area contributed by atoms with Crippen LogP contribution in [0.2, 0.25) is 5.02 Å². The first kappa shape index (κ1) is 19.6. The minimum atomic E-state index is -0.802. The number of benzene rings is 1. The SMILES string of the molecule is O=C(Cn1cnc([N+](=O)[O-])n1)Nc1cc(Oc2cncc(Cl)c2)cc([N+](=O)[O-])c1. The van der Waals surface area contributed by atoms with Crippen molar-refractivity contribution >= 4 is 34.8 Å². The maximum atomic E-state index is 12.1. The zero-order valence-corrected chi connectivity index (χ0v) is 15.0. The van der Waals surface area contributed by atoms with E-state index in [4.69, 9.17) is 16.3 Å². The number of halogens is 1. The van der Waals surface area contributed by atoms with Crippen LogP contribution in [-0.4, -0.2) is 35.5 Å². The molecule has 0 saturated carbocycles. The number of carbonyl (C=O) groups is 1. The molecule has 0 atom stereocenters. The third-order valence-corrected chi connectivity index (χ3v) is 3.50. The molecule has 14 heteroatoms. The van der Waals surface area contributed by atoms with Gasteiger partial charge in [-0.1, -0.05) is 16.6 Å². The number of pyridine rings is 1. The topological polar surface area (TPSA) is 168 Å². The molecule has 3 aromatic rings. The van der Waals surface area contributed by atoms with Crippen LogP contribution in [0.4, 0.5) is 17.3 Å². The minimum absolute atomic E-state index is 0.0648. The molecule has 1 amide bonds. The highest BCUT2D eigenvalue weighted by Gasteiger charge is 2.17. The maximum Gasteiger partial charge on any atom is 0.490 e. The fourth-order valence-corrected chi connectivity index (χ4v) is 2.36. The van der Waals surface area contributed by atoms with Gasteiger partial charge in [0.15, 0.2) is 0 Å². The Kier molecular flexibility index (Phi) is 5.59. The number of anilines is 1. The van der Waals surface area contributed by atoms with E-state index in [0.717, 1.165) is 23.1 Å². The predicted molar refractivity (Wildman–Crippen MR) is 97.7 cm³/mol. The first-order chi connectivity index (χ1) is 13.8. The number of hydrogen-bond donors (Lipinski definition) is 1. The quantitative estimate of drug-likeness (QED) is 0.446. The number of carbonyl (C=O) groups excluding carboxylic acids is 1. The molecule has 0 aliphatic heterocycles. The molecule has 2 heterocycles. The van der Waals surface area contributed by atoms with Crippen LogP contribution in [0.3, 0.4) is 0 Å². The van der Waals surface area contributed by atoms with Crippen LogP contribution in [-0.2, 0) is 11.3 Å². The molecule has 0 spiro atoms. The lowest BCUT2D eigenvalue weighted by Crippen LogP contribution is -2.19. The van der Waals surface area contributed by atoms with Gasteiger partial charge >= 0.3 is 5.95 Å². The second-order valence-corrected chi connectivity index (χ2v) is 5.90. The summed E-state index contributed by atoms with van der Waals surface area (Å²) in [6.45, 7) is -0.391. The normalized spacial score (nSPS) is 10.4. The van der Waals surface area contributed by atoms with Gasteiger partial charge in [-0.05, 0) is 4.92 Å². The van der Waals surface area contributed by atoms with Gasteiger partial charge in [0.05, 0.1) is 27.9 Å². The van der Waals surface area contributed by atoms with Crippen LogP contribution in [0.1, 0.15) is 0 Å². The Labute approximate surface area is 166 Å². The number of aromatic nitrogens is 4. The molecule has 2 aromatic heterocycles. The van der Waals surface area contributed by atoms with Gasteiger partial charge in [0.25, 0.3) is 5.69 Å². The van der Waals surface area contributed by atoms with Crippen molar-refractivity contribution in [3.63, 3.8) is 0 Å². The van der Waals surface area contributed by atoms with Crippen LogP contribution in [0.5, 0.6) is 11.5 Å². The molecule has 0 bridgehead atoms. The van der Waals surface area contributed by atoms with Crippen LogP contribution in [0.25, 0.3) is 0 Å². The lowest BCUT2D eigenvalue weighted by Gasteiger charge is -2.09. The molecule has 29 heavy (non-hydrogen) atoms. The van der Waals surface area contributed by atoms with Crippen molar-refractivity contribution in [1.29, 1.82) is 0 Å². The summed E-state index contributed by atoms with van der Waals surface area (Å²) in [5.74, 6) is -0.986. The van der Waals surface area contributed by atoms with Gasteiger partial charge in [-0.15, -0.1) is 0 Å². The van der Waals surface area contributed by atoms with Gasteiger partial charge in [-0.2, -0.15) is 4.68 Å². The molecule has 13 nitrogen and oxygen atoms in total. The Hall–Kier alpha value is -4.13. The van der Waals surface area contributed by atoms with E-state index in [2.05, 4.69) is 20.4 Å². The third-order valence-electron chi connectivity index (χ3n) is 3.29. The van der Waals surface area contributed by atoms with Gasteiger partial charge in [0.1, 0.15) is 18.0 Å². The van der Waals surface area contributed by atoms with E-state index in [1.165, 1.54) is 24.5 Å². The smallest absolute Gasteiger partial charge is 0.455 e. The van der Waals surface area contributed by atoms with E-state index in [9.17, 15) is 25.0 Å². The van der Waals surface area contributed by atoms with Crippen molar-refractivity contribution in [2.45, 2.75) is 6.54 Å². The number of nitrogens with zero attached hydrogens (tertiary/aromatic N) is 6. The monoisotopic (exact) mass is 419 g/mol. The summed E-state index contributed by atoms with van der Waals surface area (Å²) in [6, 6.07) is 5.11. The summed E-state index contributed by atoms with van der Waals surface area (Å²) < 4.78 is 6.47. The number of nitro benzene ring substituents is 1. The summed E-state index contributed by atoms with van der Waals surface area (Å²) in [7, 11) is 0. The molecular formula is C15H10ClN7O6. The van der Waals surface area contributed by atoms with Crippen molar-refractivity contribution in [1.82, 2.24) is 19.7 Å². The molecule has 0 unspecified atom stereocenters. The standard InChI is InChI=1S/C15H10ClN7O6/c16-9-1-13(6-17-5-9)29-12-3-10(2-11(4-12)22(25)26)19-14(24)7-21-8-18-15(20-21)23(27)28/h1-6,8H,7H2,(H,19,24). The van der Waals surface area contributed by atoms with Crippen molar-refractivity contribution in [3.8, 4) is 11.5 Å². The van der Waals surface area contributed by atoms with Gasteiger partial charge in [-0.3, -0.25) is 19.9 Å². The number of rotatable bonds is 7. The first-order valence-corrected chi connectivity index (χ1v) is 8.09. The summed E-state index contributed by atoms with van der Waals surface area (Å²) in [5, 5.41) is 28.0. The lowest BCUT2D eigenvalue weighted by molar-refractivity contribution is -0.394. The fourth-order valence-electron chi connectivity index (χ4n) is 2.20. The summed E-state index contributed by atoms with van der Waals surface area (Å²) in [5.41, 5.74) is -0.256. The third kappa shape index (κ3) is 5.20. The average Bonchev–Trinajstić information content (AvgIpc) is 3.10. The van der Waals surface area contributed by atoms with E-state index in [1.54, 1.807) is 0 Å². The summed E-state index contributed by atoms with van der Waals surface area (Å²) in [4.78, 5) is 39.7. The summed E-state index contributed by atoms with van der Waals surface area (Å²) >= 11 is 5.83. The van der Waals surface area contributed by atoms with Crippen LogP contribution < -0.4 is 10.1 Å². The second-order valence-electron chi connectivity index (χ2n) is 5.46. The van der Waals surface area contributed by atoms with E-state index in [0.29, 0.717) is 5.02 Å². The number of amides is 1. The number of ether oxygens (including phenoxy) is 1. The largest absolute Gasteiger partial charge is 0.490 e. The Morgan fingerprint density at radius 3 is 2.59 bits per heavy atom. The zero-order chi connectivity index (χ0) is 21.0. The van der Waals surface area contributed by atoms with Crippen molar-refractivity contribution in [2.75, 3.05) is 5.32 Å². The van der Waals surface area contributed by atoms with Gasteiger partial charge in [0.2, 0.25) is 12.2 Å². The fraction of sp³-hybridized carbons (Fsp3) is 0.0667. The number of nitrogens with one attached hydrogen (secondary N) is 1. The molecule has 1 N–H and O–H groups in total. The zero-order valence-electron chi connectivity index (χ0n) is 14.3. The Morgan fingerprint density at radius 1 is 1.14 bits per heavy atom. The highest BCUT2D eigenvalue weighted by molar-refractivity contribution is 6.30. The average molecular weight is 420 g/mol. The van der Waals surface area contributed by atoms with Gasteiger partial charge in [0, 0.05) is 29.5 Å². The number of nitro groups is 2. The molecule has 0 aliphatic rings. The van der Waals surface area contributed by atoms with E-state index >= 15 is 0 Å². The predicted octanol–water partition coefficient (Wildman–Crippen LogP) is 2.57. The molecule has 0 saturated heterocycles. The number of non-ortho nitro benzene ring substituents is 1. The van der Waals surface area contributed by atoms with E-state index in [1.807, 2.05) is 0 Å². The molecule has 1 aromatic carbocycles. The van der Waals surface area contributed by atoms with Gasteiger partial charge in [-0.25, -0.2) is 0 Å². The molecule has 3 rings (SSSR count). The van der Waals surface area contributed by atoms with Crippen molar-refractivity contribution < 1.29 is 19.4 Å². The first-order valence-electron chi connectivity index (χ1n) is 7.72. The second kappa shape index (κ2) is 8.26. The maximum absolute atomic E-state index is 12.1. The van der Waals surface area contributed by atoms with E-state index < -0.39 is 28.2 Å². The van der Waals surface area contributed by atoms with Crippen LogP contribution in [0.15, 0.2) is 43.0 Å². The highest BCUT2D eigenvalue weighted by Crippen LogP contribution is 2.30. The highest BCUT2D eigenvalue weighted by atomic mass is 35.5. The van der Waals surface area contributed by atoms with Crippen molar-refractivity contribution in [2.24, 2.45) is 0 Å². The van der Waals surface area contributed by atoms with Gasteiger partial charge < -0.3 is 20.2 Å². The van der Waals surface area contributed by atoms with Crippen LogP contribution in [0, 0.1) is 20.2 Å². The van der Waals surface area contributed by atoms with E-state index in [-0.39, 0.29) is 22.9 Å². The molecule has 0 fully saturated rings. The minimum Gasteiger partial charge on any atom is -0.455 e. The Balaban J connectivity index is 1.78. The summed E-state index contributed by atoms with van der Waals surface area (Å²) in [6.07, 6.45) is 3.77. The number of hydrogen-bond acceptors (Lipinski definition) is 9. The Bertz CT molecular complexity index is 1100. The van der Waals surface area contributed by atoms with Crippen molar-refractivity contribution in [3.05, 3.63) is 68.2 Å². The van der Waals surface area contributed by atoms with Crippen LogP contribution >= 0.6 is 11.6 Å². The molecule has 0 radical (unpaired) electrons. The Morgan fingerprint density at radius 2 is 1.93 bits per heavy atom.